The van der Waals surface area contributed by atoms with Gasteiger partial charge in [0.05, 0.1) is 4.90 Å². The third-order valence-corrected chi connectivity index (χ3v) is 8.77. The SMILES string of the molecule is Cc1ccc(C)c(S(=O)(=O)N2CCN(Cc3cc(=O)oc4cc5c(cc34)CCC5)CC2)c1. The highest BCUT2D eigenvalue weighted by Crippen LogP contribution is 2.29. The molecule has 32 heavy (non-hydrogen) atoms. The molecule has 0 N–H and O–H groups in total. The van der Waals surface area contributed by atoms with Crippen LogP contribution in [0.2, 0.25) is 0 Å². The Hall–Kier alpha value is -2.48. The molecule has 1 fully saturated rings. The summed E-state index contributed by atoms with van der Waals surface area (Å²) in [5, 5.41) is 0.996. The molecule has 0 spiro atoms. The van der Waals surface area contributed by atoms with Crippen LogP contribution in [0.1, 0.15) is 34.2 Å². The monoisotopic (exact) mass is 452 g/mol. The van der Waals surface area contributed by atoms with Gasteiger partial charge in [-0.3, -0.25) is 4.90 Å². The molecule has 2 aromatic carbocycles. The summed E-state index contributed by atoms with van der Waals surface area (Å²) in [5.41, 5.74) is 5.62. The fourth-order valence-electron chi connectivity index (χ4n) is 4.92. The second kappa shape index (κ2) is 8.14. The Morgan fingerprint density at radius 2 is 1.66 bits per heavy atom. The smallest absolute Gasteiger partial charge is 0.336 e. The molecule has 2 heterocycles. The minimum Gasteiger partial charge on any atom is -0.423 e. The van der Waals surface area contributed by atoms with E-state index in [-0.39, 0.29) is 5.63 Å². The van der Waals surface area contributed by atoms with Crippen molar-refractivity contribution in [2.45, 2.75) is 44.6 Å². The Kier molecular flexibility index (Phi) is 5.43. The summed E-state index contributed by atoms with van der Waals surface area (Å²) in [7, 11) is -3.52. The molecule has 0 saturated carbocycles. The van der Waals surface area contributed by atoms with E-state index in [1.165, 1.54) is 11.1 Å². The predicted molar refractivity (Wildman–Crippen MR) is 124 cm³/mol. The molecule has 1 aliphatic carbocycles. The van der Waals surface area contributed by atoms with Crippen molar-refractivity contribution in [1.29, 1.82) is 0 Å². The normalized spacial score (nSPS) is 17.7. The molecule has 168 valence electrons. The van der Waals surface area contributed by atoms with E-state index in [4.69, 9.17) is 4.42 Å². The van der Waals surface area contributed by atoms with E-state index in [2.05, 4.69) is 11.0 Å². The zero-order valence-electron chi connectivity index (χ0n) is 18.6. The number of hydrogen-bond acceptors (Lipinski definition) is 5. The second-order valence-electron chi connectivity index (χ2n) is 9.01. The van der Waals surface area contributed by atoms with E-state index < -0.39 is 10.0 Å². The van der Waals surface area contributed by atoms with E-state index >= 15 is 0 Å². The summed E-state index contributed by atoms with van der Waals surface area (Å²) in [6.45, 7) is 6.47. The Balaban J connectivity index is 1.35. The fraction of sp³-hybridized carbons (Fsp3) is 0.400. The van der Waals surface area contributed by atoms with Gasteiger partial charge in [0.15, 0.2) is 0 Å². The van der Waals surface area contributed by atoms with E-state index in [0.29, 0.717) is 43.2 Å². The molecule has 0 atom stereocenters. The molecule has 0 unspecified atom stereocenters. The first-order chi connectivity index (χ1) is 15.3. The number of rotatable bonds is 4. The average molecular weight is 453 g/mol. The quantitative estimate of drug-likeness (QED) is 0.568. The first-order valence-electron chi connectivity index (χ1n) is 11.2. The van der Waals surface area contributed by atoms with Gasteiger partial charge in [-0.2, -0.15) is 4.31 Å². The van der Waals surface area contributed by atoms with Crippen LogP contribution in [0.4, 0.5) is 0 Å². The van der Waals surface area contributed by atoms with Crippen LogP contribution in [0.15, 0.2) is 50.5 Å². The molecular formula is C25H28N2O4S. The summed E-state index contributed by atoms with van der Waals surface area (Å²) in [6.07, 6.45) is 3.25. The highest BCUT2D eigenvalue weighted by atomic mass is 32.2. The summed E-state index contributed by atoms with van der Waals surface area (Å²) in [6, 6.07) is 11.3. The van der Waals surface area contributed by atoms with Crippen molar-refractivity contribution in [2.75, 3.05) is 26.2 Å². The second-order valence-corrected chi connectivity index (χ2v) is 10.9. The van der Waals surface area contributed by atoms with Crippen LogP contribution in [-0.4, -0.2) is 43.8 Å². The van der Waals surface area contributed by atoms with E-state index in [1.807, 2.05) is 32.0 Å². The molecule has 0 bridgehead atoms. The molecule has 5 rings (SSSR count). The van der Waals surface area contributed by atoms with Gasteiger partial charge in [0, 0.05) is 44.2 Å². The molecule has 0 radical (unpaired) electrons. The lowest BCUT2D eigenvalue weighted by molar-refractivity contribution is 0.182. The lowest BCUT2D eigenvalue weighted by Gasteiger charge is -2.34. The number of fused-ring (bicyclic) bond motifs is 2. The maximum Gasteiger partial charge on any atom is 0.336 e. The average Bonchev–Trinajstić information content (AvgIpc) is 3.22. The van der Waals surface area contributed by atoms with Crippen molar-refractivity contribution in [3.8, 4) is 0 Å². The van der Waals surface area contributed by atoms with Crippen LogP contribution >= 0.6 is 0 Å². The van der Waals surface area contributed by atoms with Crippen molar-refractivity contribution >= 4 is 21.0 Å². The van der Waals surface area contributed by atoms with Gasteiger partial charge >= 0.3 is 5.63 Å². The van der Waals surface area contributed by atoms with Gasteiger partial charge in [-0.25, -0.2) is 13.2 Å². The molecule has 1 aliphatic heterocycles. The number of piperazine rings is 1. The lowest BCUT2D eigenvalue weighted by Crippen LogP contribution is -2.48. The van der Waals surface area contributed by atoms with Gasteiger partial charge in [0.25, 0.3) is 0 Å². The summed E-state index contributed by atoms with van der Waals surface area (Å²) in [5.74, 6) is 0. The van der Waals surface area contributed by atoms with Gasteiger partial charge in [-0.05, 0) is 79.1 Å². The zero-order chi connectivity index (χ0) is 22.5. The van der Waals surface area contributed by atoms with Crippen LogP contribution in [-0.2, 0) is 29.4 Å². The highest BCUT2D eigenvalue weighted by Gasteiger charge is 2.30. The number of nitrogens with zero attached hydrogens (tertiary/aromatic N) is 2. The summed E-state index contributed by atoms with van der Waals surface area (Å²) in [4.78, 5) is 14.8. The Labute approximate surface area is 188 Å². The van der Waals surface area contributed by atoms with Crippen LogP contribution in [0.25, 0.3) is 11.0 Å². The maximum absolute atomic E-state index is 13.2. The molecule has 3 aromatic rings. The third kappa shape index (κ3) is 3.89. The van der Waals surface area contributed by atoms with E-state index in [9.17, 15) is 13.2 Å². The van der Waals surface area contributed by atoms with Gasteiger partial charge in [-0.15, -0.1) is 0 Å². The fourth-order valence-corrected chi connectivity index (χ4v) is 6.65. The molecule has 2 aliphatic rings. The standard InChI is InChI=1S/C25H28N2O4S/c1-17-6-7-18(2)24(12-17)32(29,30)27-10-8-26(9-11-27)16-21-15-25(28)31-23-14-20-5-3-4-19(20)13-22(21)23/h6-7,12-15H,3-5,8-11,16H2,1-2H3. The van der Waals surface area contributed by atoms with Crippen molar-refractivity contribution in [2.24, 2.45) is 0 Å². The van der Waals surface area contributed by atoms with Gasteiger partial charge in [0.2, 0.25) is 10.0 Å². The van der Waals surface area contributed by atoms with E-state index in [0.717, 1.165) is 41.3 Å². The van der Waals surface area contributed by atoms with E-state index in [1.54, 1.807) is 16.4 Å². The number of sulfonamides is 1. The summed E-state index contributed by atoms with van der Waals surface area (Å²) >= 11 is 0. The Bertz CT molecular complexity index is 1350. The van der Waals surface area contributed by atoms with Gasteiger partial charge in [0.1, 0.15) is 5.58 Å². The van der Waals surface area contributed by atoms with Crippen molar-refractivity contribution in [1.82, 2.24) is 9.21 Å². The Morgan fingerprint density at radius 3 is 2.41 bits per heavy atom. The van der Waals surface area contributed by atoms with Crippen molar-refractivity contribution < 1.29 is 12.8 Å². The minimum atomic E-state index is -3.52. The van der Waals surface area contributed by atoms with Crippen LogP contribution in [0.3, 0.4) is 0 Å². The molecule has 6 nitrogen and oxygen atoms in total. The molecule has 7 heteroatoms. The highest BCUT2D eigenvalue weighted by molar-refractivity contribution is 7.89. The lowest BCUT2D eigenvalue weighted by atomic mass is 10.0. The first-order valence-corrected chi connectivity index (χ1v) is 12.6. The Morgan fingerprint density at radius 1 is 0.938 bits per heavy atom. The predicted octanol–water partition coefficient (Wildman–Crippen LogP) is 3.41. The topological polar surface area (TPSA) is 70.8 Å². The summed E-state index contributed by atoms with van der Waals surface area (Å²) < 4.78 is 33.5. The van der Waals surface area contributed by atoms with Gasteiger partial charge in [-0.1, -0.05) is 12.1 Å². The van der Waals surface area contributed by atoms with Crippen LogP contribution < -0.4 is 5.63 Å². The van der Waals surface area contributed by atoms with Crippen molar-refractivity contribution in [3.05, 3.63) is 74.6 Å². The largest absolute Gasteiger partial charge is 0.423 e. The first kappa shape index (κ1) is 21.4. The number of benzene rings is 2. The zero-order valence-corrected chi connectivity index (χ0v) is 19.4. The van der Waals surface area contributed by atoms with Crippen LogP contribution in [0.5, 0.6) is 0 Å². The van der Waals surface area contributed by atoms with Gasteiger partial charge < -0.3 is 4.42 Å². The molecule has 1 saturated heterocycles. The molecular weight excluding hydrogens is 424 g/mol. The van der Waals surface area contributed by atoms with Crippen LogP contribution in [0, 0.1) is 13.8 Å². The number of hydrogen-bond donors (Lipinski definition) is 0. The number of aryl methyl sites for hydroxylation is 4. The molecule has 1 aromatic heterocycles. The third-order valence-electron chi connectivity index (χ3n) is 6.73. The maximum atomic E-state index is 13.2. The molecule has 0 amide bonds. The van der Waals surface area contributed by atoms with Crippen molar-refractivity contribution in [3.63, 3.8) is 0 Å². The minimum absolute atomic E-state index is 0.332.